The largest absolute Gasteiger partial charge is 0.466 e. The average molecular weight is 295 g/mol. The van der Waals surface area contributed by atoms with Crippen molar-refractivity contribution in [1.29, 1.82) is 0 Å². The molecular weight excluding hydrogens is 266 g/mol. The molecule has 0 unspecified atom stereocenters. The summed E-state index contributed by atoms with van der Waals surface area (Å²) in [6.45, 7) is 6.54. The van der Waals surface area contributed by atoms with Gasteiger partial charge in [0.05, 0.1) is 6.61 Å². The Morgan fingerprint density at radius 1 is 1.10 bits per heavy atom. The number of ether oxygens (including phenoxy) is 1. The van der Waals surface area contributed by atoms with Gasteiger partial charge in [0.25, 0.3) is 0 Å². The highest BCUT2D eigenvalue weighted by Crippen LogP contribution is 2.36. The van der Waals surface area contributed by atoms with Gasteiger partial charge in [0.2, 0.25) is 5.91 Å². The van der Waals surface area contributed by atoms with Crippen LogP contribution in [-0.2, 0) is 14.3 Å². The summed E-state index contributed by atoms with van der Waals surface area (Å²) in [4.78, 5) is 26.1. The minimum absolute atomic E-state index is 0.0734. The van der Waals surface area contributed by atoms with Crippen LogP contribution in [0.5, 0.6) is 0 Å². The Bertz CT molecular complexity index is 368. The number of nitrogens with zero attached hydrogens (tertiary/aromatic N) is 1. The van der Waals surface area contributed by atoms with E-state index in [-0.39, 0.29) is 12.0 Å². The lowest BCUT2D eigenvalue weighted by Gasteiger charge is -2.39. The topological polar surface area (TPSA) is 46.6 Å². The molecule has 1 amide bonds. The maximum absolute atomic E-state index is 12.4. The highest BCUT2D eigenvalue weighted by atomic mass is 16.5. The molecule has 0 atom stereocenters. The molecule has 0 bridgehead atoms. The maximum atomic E-state index is 12.4. The van der Waals surface area contributed by atoms with Crippen LogP contribution in [0.3, 0.4) is 0 Å². The molecule has 4 nitrogen and oxygen atoms in total. The van der Waals surface area contributed by atoms with E-state index in [1.807, 2.05) is 6.92 Å². The number of hydrogen-bond acceptors (Lipinski definition) is 3. The van der Waals surface area contributed by atoms with Crippen molar-refractivity contribution < 1.29 is 14.3 Å². The molecule has 0 aromatic rings. The van der Waals surface area contributed by atoms with Gasteiger partial charge in [-0.15, -0.1) is 0 Å². The van der Waals surface area contributed by atoms with Gasteiger partial charge < -0.3 is 9.64 Å². The number of esters is 1. The molecule has 0 heterocycles. The highest BCUT2D eigenvalue weighted by Gasteiger charge is 2.38. The monoisotopic (exact) mass is 295 g/mol. The Hall–Kier alpha value is -1.06. The second kappa shape index (κ2) is 7.28. The van der Waals surface area contributed by atoms with Crippen molar-refractivity contribution in [2.75, 3.05) is 6.61 Å². The summed E-state index contributed by atoms with van der Waals surface area (Å²) >= 11 is 0. The summed E-state index contributed by atoms with van der Waals surface area (Å²) in [5.41, 5.74) is 0. The van der Waals surface area contributed by atoms with E-state index >= 15 is 0 Å². The van der Waals surface area contributed by atoms with Crippen LogP contribution in [0, 0.1) is 11.8 Å². The van der Waals surface area contributed by atoms with Crippen molar-refractivity contribution in [1.82, 2.24) is 4.90 Å². The molecule has 2 rings (SSSR count). The zero-order valence-electron chi connectivity index (χ0n) is 13.6. The maximum Gasteiger partial charge on any atom is 0.306 e. The van der Waals surface area contributed by atoms with Crippen molar-refractivity contribution in [3.63, 3.8) is 0 Å². The van der Waals surface area contributed by atoms with Crippen LogP contribution < -0.4 is 0 Å². The lowest BCUT2D eigenvalue weighted by Crippen LogP contribution is -2.47. The van der Waals surface area contributed by atoms with Crippen molar-refractivity contribution in [2.24, 2.45) is 11.8 Å². The molecule has 2 aliphatic carbocycles. The third-order valence-electron chi connectivity index (χ3n) is 4.71. The van der Waals surface area contributed by atoms with Gasteiger partial charge in [0.15, 0.2) is 0 Å². The molecule has 2 aliphatic rings. The van der Waals surface area contributed by atoms with Gasteiger partial charge in [-0.25, -0.2) is 0 Å². The lowest BCUT2D eigenvalue weighted by molar-refractivity contribution is -0.145. The van der Waals surface area contributed by atoms with Gasteiger partial charge >= 0.3 is 5.97 Å². The van der Waals surface area contributed by atoms with Crippen LogP contribution in [0.15, 0.2) is 0 Å². The fraction of sp³-hybridized carbons (Fsp3) is 0.882. The molecule has 0 saturated heterocycles. The van der Waals surface area contributed by atoms with Crippen LogP contribution in [0.1, 0.15) is 65.7 Å². The first-order valence-corrected chi connectivity index (χ1v) is 8.50. The van der Waals surface area contributed by atoms with E-state index in [0.29, 0.717) is 36.8 Å². The summed E-state index contributed by atoms with van der Waals surface area (Å²) in [6, 6.07) is 0.654. The van der Waals surface area contributed by atoms with Gasteiger partial charge in [0, 0.05) is 24.4 Å². The van der Waals surface area contributed by atoms with Crippen LogP contribution in [-0.4, -0.2) is 35.5 Å². The summed E-state index contributed by atoms with van der Waals surface area (Å²) in [5.74, 6) is 1.02. The van der Waals surface area contributed by atoms with E-state index in [1.165, 1.54) is 0 Å². The van der Waals surface area contributed by atoms with Crippen LogP contribution >= 0.6 is 0 Å². The first-order valence-electron chi connectivity index (χ1n) is 8.50. The van der Waals surface area contributed by atoms with Crippen molar-refractivity contribution in [3.05, 3.63) is 0 Å². The molecule has 0 N–H and O–H groups in total. The molecule has 0 spiro atoms. The van der Waals surface area contributed by atoms with Gasteiger partial charge in [0.1, 0.15) is 0 Å². The second-order valence-corrected chi connectivity index (χ2v) is 6.80. The first kappa shape index (κ1) is 16.3. The molecule has 0 radical (unpaired) electrons. The zero-order valence-corrected chi connectivity index (χ0v) is 13.6. The molecule has 4 heteroatoms. The van der Waals surface area contributed by atoms with Crippen molar-refractivity contribution in [2.45, 2.75) is 77.8 Å². The van der Waals surface area contributed by atoms with E-state index in [1.54, 1.807) is 0 Å². The molecule has 0 aromatic carbocycles. The molecule has 2 saturated carbocycles. The minimum Gasteiger partial charge on any atom is -0.466 e. The zero-order chi connectivity index (χ0) is 15.4. The fourth-order valence-corrected chi connectivity index (χ4v) is 3.48. The molecule has 0 aliphatic heterocycles. The van der Waals surface area contributed by atoms with Crippen LogP contribution in [0.4, 0.5) is 0 Å². The first-order chi connectivity index (χ1) is 10.0. The number of hydrogen-bond donors (Lipinski definition) is 0. The van der Waals surface area contributed by atoms with Crippen LogP contribution in [0.25, 0.3) is 0 Å². The van der Waals surface area contributed by atoms with E-state index < -0.39 is 0 Å². The molecular formula is C17H29NO3. The van der Waals surface area contributed by atoms with E-state index in [9.17, 15) is 9.59 Å². The van der Waals surface area contributed by atoms with Gasteiger partial charge in [-0.2, -0.15) is 0 Å². The third kappa shape index (κ3) is 4.45. The SMILES string of the molecule is CCOC(=O)C[C@H]1CC[C@H](N(C(=O)C2CC2)C(C)C)CC1. The Kier molecular flexibility index (Phi) is 5.65. The number of carbonyl (C=O) groups is 2. The normalized spacial score (nSPS) is 25.7. The molecule has 120 valence electrons. The van der Waals surface area contributed by atoms with E-state index in [0.717, 1.165) is 38.5 Å². The van der Waals surface area contributed by atoms with Crippen molar-refractivity contribution in [3.8, 4) is 0 Å². The van der Waals surface area contributed by atoms with Crippen LogP contribution in [0.2, 0.25) is 0 Å². The Labute approximate surface area is 128 Å². The lowest BCUT2D eigenvalue weighted by atomic mass is 9.83. The van der Waals surface area contributed by atoms with E-state index in [2.05, 4.69) is 18.7 Å². The predicted octanol–water partition coefficient (Wildman–Crippen LogP) is 3.15. The Morgan fingerprint density at radius 3 is 2.19 bits per heavy atom. The average Bonchev–Trinajstić information content (AvgIpc) is 3.25. The Balaban J connectivity index is 1.83. The van der Waals surface area contributed by atoms with Gasteiger partial charge in [-0.3, -0.25) is 9.59 Å². The van der Waals surface area contributed by atoms with E-state index in [4.69, 9.17) is 4.74 Å². The standard InChI is InChI=1S/C17H29NO3/c1-4-21-16(19)11-13-5-9-15(10-6-13)18(12(2)3)17(20)14-7-8-14/h12-15H,4-11H2,1-3H3/t13-,15-. The third-order valence-corrected chi connectivity index (χ3v) is 4.71. The highest BCUT2D eigenvalue weighted by molar-refractivity contribution is 5.81. The number of carbonyl (C=O) groups excluding carboxylic acids is 2. The minimum atomic E-state index is -0.0734. The summed E-state index contributed by atoms with van der Waals surface area (Å²) < 4.78 is 5.03. The fourth-order valence-electron chi connectivity index (χ4n) is 3.48. The summed E-state index contributed by atoms with van der Waals surface area (Å²) in [7, 11) is 0. The number of rotatable bonds is 6. The second-order valence-electron chi connectivity index (χ2n) is 6.80. The van der Waals surface area contributed by atoms with Gasteiger partial charge in [-0.05, 0) is 65.2 Å². The van der Waals surface area contributed by atoms with Gasteiger partial charge in [-0.1, -0.05) is 0 Å². The quantitative estimate of drug-likeness (QED) is 0.707. The predicted molar refractivity (Wildman–Crippen MR) is 81.7 cm³/mol. The smallest absolute Gasteiger partial charge is 0.306 e. The molecule has 0 aromatic heterocycles. The van der Waals surface area contributed by atoms with Crippen molar-refractivity contribution >= 4 is 11.9 Å². The number of amides is 1. The summed E-state index contributed by atoms with van der Waals surface area (Å²) in [5, 5.41) is 0. The molecule has 21 heavy (non-hydrogen) atoms. The summed E-state index contributed by atoms with van der Waals surface area (Å²) in [6.07, 6.45) is 6.80. The Morgan fingerprint density at radius 2 is 1.71 bits per heavy atom. The molecule has 2 fully saturated rings.